The van der Waals surface area contributed by atoms with Gasteiger partial charge in [-0.25, -0.2) is 0 Å². The SMILES string of the molecule is CN[C@@H](C)c1ccc(-c2cc(C)cc(C)c2)c(-c2cc(C)cc(C)c2)c1P. The molecular formula is C25H30NP. The third-order valence-electron chi connectivity index (χ3n) is 5.22. The minimum atomic E-state index is 0.301. The van der Waals surface area contributed by atoms with E-state index in [9.17, 15) is 0 Å². The molecule has 1 N–H and O–H groups in total. The van der Waals surface area contributed by atoms with Gasteiger partial charge in [0.05, 0.1) is 0 Å². The smallest absolute Gasteiger partial charge is 0.0295 e. The van der Waals surface area contributed by atoms with Gasteiger partial charge in [-0.2, -0.15) is 0 Å². The van der Waals surface area contributed by atoms with E-state index in [4.69, 9.17) is 0 Å². The second-order valence-corrected chi connectivity index (χ2v) is 8.33. The van der Waals surface area contributed by atoms with Gasteiger partial charge in [-0.3, -0.25) is 0 Å². The summed E-state index contributed by atoms with van der Waals surface area (Å²) in [5.41, 5.74) is 11.7. The molecule has 0 heterocycles. The van der Waals surface area contributed by atoms with Crippen LogP contribution in [0.3, 0.4) is 0 Å². The van der Waals surface area contributed by atoms with E-state index in [1.165, 1.54) is 55.4 Å². The van der Waals surface area contributed by atoms with Gasteiger partial charge in [-0.15, -0.1) is 9.24 Å². The summed E-state index contributed by atoms with van der Waals surface area (Å²) in [6.45, 7) is 10.9. The van der Waals surface area contributed by atoms with E-state index in [1.807, 2.05) is 7.05 Å². The van der Waals surface area contributed by atoms with Crippen molar-refractivity contribution in [3.63, 3.8) is 0 Å². The van der Waals surface area contributed by atoms with Gasteiger partial charge in [0.2, 0.25) is 0 Å². The lowest BCUT2D eigenvalue weighted by Crippen LogP contribution is -2.19. The standard InChI is InChI=1S/C25H30NP/c1-15-9-16(2)12-20(11-15)23-8-7-22(19(5)26-6)25(27)24(23)21-13-17(3)10-18(4)14-21/h7-14,19,26H,27H2,1-6H3/t19-/m0/s1. The summed E-state index contributed by atoms with van der Waals surface area (Å²) in [4.78, 5) is 0. The molecule has 0 amide bonds. The van der Waals surface area contributed by atoms with Crippen molar-refractivity contribution < 1.29 is 0 Å². The van der Waals surface area contributed by atoms with Crippen LogP contribution in [0.1, 0.15) is 40.8 Å². The quantitative estimate of drug-likeness (QED) is 0.549. The Morgan fingerprint density at radius 3 is 1.70 bits per heavy atom. The van der Waals surface area contributed by atoms with E-state index < -0.39 is 0 Å². The summed E-state index contributed by atoms with van der Waals surface area (Å²) in [6.07, 6.45) is 0. The van der Waals surface area contributed by atoms with Crippen molar-refractivity contribution in [2.45, 2.75) is 40.7 Å². The number of rotatable bonds is 4. The predicted molar refractivity (Wildman–Crippen MR) is 123 cm³/mol. The first-order chi connectivity index (χ1) is 12.8. The molecule has 0 spiro atoms. The van der Waals surface area contributed by atoms with Crippen LogP contribution in [-0.2, 0) is 0 Å². The highest BCUT2D eigenvalue weighted by Crippen LogP contribution is 2.36. The van der Waals surface area contributed by atoms with Gasteiger partial charge in [0, 0.05) is 6.04 Å². The van der Waals surface area contributed by atoms with E-state index in [2.05, 4.69) is 97.7 Å². The fourth-order valence-electron chi connectivity index (χ4n) is 3.97. The fraction of sp³-hybridized carbons (Fsp3) is 0.280. The van der Waals surface area contributed by atoms with Gasteiger partial charge < -0.3 is 5.32 Å². The maximum Gasteiger partial charge on any atom is 0.0295 e. The van der Waals surface area contributed by atoms with Crippen LogP contribution in [0.4, 0.5) is 0 Å². The summed E-state index contributed by atoms with van der Waals surface area (Å²) >= 11 is 0. The van der Waals surface area contributed by atoms with Crippen molar-refractivity contribution in [2.75, 3.05) is 7.05 Å². The molecule has 3 rings (SSSR count). The first-order valence-electron chi connectivity index (χ1n) is 9.57. The van der Waals surface area contributed by atoms with Gasteiger partial charge in [0.25, 0.3) is 0 Å². The summed E-state index contributed by atoms with van der Waals surface area (Å²) < 4.78 is 0. The number of aryl methyl sites for hydroxylation is 4. The molecule has 2 heteroatoms. The molecule has 0 saturated carbocycles. The van der Waals surface area contributed by atoms with Crippen LogP contribution in [0.2, 0.25) is 0 Å². The first kappa shape index (κ1) is 19.8. The molecule has 27 heavy (non-hydrogen) atoms. The molecule has 0 bridgehead atoms. The van der Waals surface area contributed by atoms with Crippen molar-refractivity contribution >= 4 is 14.5 Å². The Morgan fingerprint density at radius 1 is 0.741 bits per heavy atom. The highest BCUT2D eigenvalue weighted by molar-refractivity contribution is 7.28. The van der Waals surface area contributed by atoms with Crippen molar-refractivity contribution in [1.29, 1.82) is 0 Å². The highest BCUT2D eigenvalue weighted by Gasteiger charge is 2.17. The second kappa shape index (κ2) is 7.97. The maximum absolute atomic E-state index is 3.39. The van der Waals surface area contributed by atoms with E-state index in [1.54, 1.807) is 0 Å². The average molecular weight is 375 g/mol. The summed E-state index contributed by atoms with van der Waals surface area (Å²) in [5.74, 6) is 0. The minimum absolute atomic E-state index is 0.301. The lowest BCUT2D eigenvalue weighted by molar-refractivity contribution is 0.656. The molecule has 0 fully saturated rings. The molecule has 3 aromatic carbocycles. The van der Waals surface area contributed by atoms with Gasteiger partial charge in [-0.05, 0) is 74.8 Å². The molecular weight excluding hydrogens is 345 g/mol. The molecule has 0 aliphatic rings. The van der Waals surface area contributed by atoms with Crippen LogP contribution in [0.15, 0.2) is 48.5 Å². The number of hydrogen-bond donors (Lipinski definition) is 1. The molecule has 140 valence electrons. The summed E-state index contributed by atoms with van der Waals surface area (Å²) in [5, 5.41) is 4.66. The van der Waals surface area contributed by atoms with Crippen molar-refractivity contribution in [3.05, 3.63) is 76.3 Å². The molecule has 1 nitrogen and oxygen atoms in total. The monoisotopic (exact) mass is 375 g/mol. The number of nitrogens with one attached hydrogen (secondary N) is 1. The molecule has 3 aromatic rings. The Hall–Kier alpha value is -1.95. The van der Waals surface area contributed by atoms with E-state index in [0.717, 1.165) is 0 Å². The average Bonchev–Trinajstić information content (AvgIpc) is 2.59. The zero-order valence-electron chi connectivity index (χ0n) is 17.3. The maximum atomic E-state index is 3.39. The van der Waals surface area contributed by atoms with Gasteiger partial charge in [0.1, 0.15) is 0 Å². The number of hydrogen-bond acceptors (Lipinski definition) is 1. The highest BCUT2D eigenvalue weighted by atomic mass is 31.0. The van der Waals surface area contributed by atoms with Crippen LogP contribution in [-0.4, -0.2) is 7.05 Å². The molecule has 0 radical (unpaired) electrons. The van der Waals surface area contributed by atoms with E-state index in [0.29, 0.717) is 6.04 Å². The zero-order valence-corrected chi connectivity index (χ0v) is 18.4. The Labute approximate surface area is 166 Å². The van der Waals surface area contributed by atoms with Crippen molar-refractivity contribution in [2.24, 2.45) is 0 Å². The third-order valence-corrected chi connectivity index (χ3v) is 5.84. The largest absolute Gasteiger partial charge is 0.313 e. The molecule has 0 saturated heterocycles. The normalized spacial score (nSPS) is 12.3. The number of benzene rings is 3. The van der Waals surface area contributed by atoms with Crippen LogP contribution < -0.4 is 10.6 Å². The minimum Gasteiger partial charge on any atom is -0.313 e. The Bertz CT molecular complexity index is 947. The Kier molecular flexibility index (Phi) is 5.84. The van der Waals surface area contributed by atoms with Crippen molar-refractivity contribution in [1.82, 2.24) is 5.32 Å². The fourth-order valence-corrected chi connectivity index (χ4v) is 4.64. The summed E-state index contributed by atoms with van der Waals surface area (Å²) in [7, 11) is 5.03. The molecule has 0 aliphatic heterocycles. The molecule has 1 unspecified atom stereocenters. The van der Waals surface area contributed by atoms with Crippen LogP contribution in [0.25, 0.3) is 22.3 Å². The van der Waals surface area contributed by atoms with Gasteiger partial charge in [-0.1, -0.05) is 70.8 Å². The molecule has 0 aromatic heterocycles. The summed E-state index contributed by atoms with van der Waals surface area (Å²) in [6, 6.07) is 18.5. The Balaban J connectivity index is 2.35. The van der Waals surface area contributed by atoms with Crippen LogP contribution in [0.5, 0.6) is 0 Å². The topological polar surface area (TPSA) is 12.0 Å². The zero-order chi connectivity index (χ0) is 19.7. The third kappa shape index (κ3) is 4.15. The van der Waals surface area contributed by atoms with Crippen LogP contribution >= 0.6 is 9.24 Å². The lowest BCUT2D eigenvalue weighted by Gasteiger charge is -2.21. The first-order valence-corrected chi connectivity index (χ1v) is 10.1. The molecule has 0 aliphatic carbocycles. The predicted octanol–water partition coefficient (Wildman–Crippen LogP) is 6.04. The van der Waals surface area contributed by atoms with Crippen molar-refractivity contribution in [3.8, 4) is 22.3 Å². The van der Waals surface area contributed by atoms with E-state index >= 15 is 0 Å². The second-order valence-electron chi connectivity index (χ2n) is 7.75. The lowest BCUT2D eigenvalue weighted by atomic mass is 9.89. The van der Waals surface area contributed by atoms with Crippen LogP contribution in [0, 0.1) is 27.7 Å². The van der Waals surface area contributed by atoms with E-state index in [-0.39, 0.29) is 0 Å². The van der Waals surface area contributed by atoms with Gasteiger partial charge >= 0.3 is 0 Å². The van der Waals surface area contributed by atoms with Gasteiger partial charge in [0.15, 0.2) is 0 Å². The Morgan fingerprint density at radius 2 is 1.22 bits per heavy atom. The molecule has 2 atom stereocenters.